The first-order chi connectivity index (χ1) is 12.6. The molecule has 2 heterocycles. The molecular formula is C21H22N2O3. The van der Waals surface area contributed by atoms with E-state index in [0.29, 0.717) is 18.3 Å². The number of aromatic nitrogens is 2. The predicted octanol–water partition coefficient (Wildman–Crippen LogP) is 4.16. The van der Waals surface area contributed by atoms with Gasteiger partial charge < -0.3 is 19.5 Å². The molecule has 0 bridgehead atoms. The summed E-state index contributed by atoms with van der Waals surface area (Å²) in [6.07, 6.45) is 6.70. The highest BCUT2D eigenvalue weighted by Crippen LogP contribution is 2.26. The Hall–Kier alpha value is -2.63. The Kier molecular flexibility index (Phi) is 4.49. The molecule has 1 saturated carbocycles. The molecule has 1 aliphatic carbocycles. The number of aliphatic hydroxyl groups excluding tert-OH is 2. The molecule has 1 atom stereocenters. The van der Waals surface area contributed by atoms with Crippen LogP contribution >= 0.6 is 0 Å². The number of ether oxygens (including phenoxy) is 1. The molecule has 26 heavy (non-hydrogen) atoms. The van der Waals surface area contributed by atoms with E-state index in [1.54, 1.807) is 6.20 Å². The topological polar surface area (TPSA) is 67.5 Å². The van der Waals surface area contributed by atoms with Crippen LogP contribution in [0.5, 0.6) is 0 Å². The summed E-state index contributed by atoms with van der Waals surface area (Å²) in [4.78, 5) is 4.54. The van der Waals surface area contributed by atoms with Gasteiger partial charge in [-0.25, -0.2) is 4.98 Å². The van der Waals surface area contributed by atoms with Gasteiger partial charge in [0, 0.05) is 34.6 Å². The molecule has 1 fully saturated rings. The molecule has 0 saturated heterocycles. The monoisotopic (exact) mass is 350 g/mol. The molecule has 2 N–H and O–H groups in total. The third kappa shape index (κ3) is 3.23. The lowest BCUT2D eigenvalue weighted by Gasteiger charge is -2.26. The number of fused-ring (bicyclic) bond motifs is 1. The van der Waals surface area contributed by atoms with E-state index < -0.39 is 6.10 Å². The van der Waals surface area contributed by atoms with Gasteiger partial charge in [0.1, 0.15) is 17.5 Å². The van der Waals surface area contributed by atoms with Gasteiger partial charge in [0.05, 0.1) is 12.7 Å². The van der Waals surface area contributed by atoms with Gasteiger partial charge in [0.25, 0.3) is 0 Å². The fourth-order valence-corrected chi connectivity index (χ4v) is 3.11. The van der Waals surface area contributed by atoms with E-state index in [2.05, 4.69) is 11.6 Å². The van der Waals surface area contributed by atoms with Crippen LogP contribution in [-0.4, -0.2) is 32.5 Å². The van der Waals surface area contributed by atoms with Crippen molar-refractivity contribution in [2.75, 3.05) is 6.61 Å². The second-order valence-electron chi connectivity index (χ2n) is 6.76. The van der Waals surface area contributed by atoms with Crippen LogP contribution < -0.4 is 0 Å². The number of nitrogens with zero attached hydrogens (tertiary/aromatic N) is 2. The maximum Gasteiger partial charge on any atom is 0.144 e. The van der Waals surface area contributed by atoms with Crippen LogP contribution in [-0.2, 0) is 4.74 Å². The minimum atomic E-state index is -0.661. The van der Waals surface area contributed by atoms with Crippen LogP contribution in [0.4, 0.5) is 0 Å². The lowest BCUT2D eigenvalue weighted by Crippen LogP contribution is -2.24. The predicted molar refractivity (Wildman–Crippen MR) is 101 cm³/mol. The van der Waals surface area contributed by atoms with E-state index in [9.17, 15) is 10.2 Å². The standard InChI is InChI=1S/C21H22N2O3/c1-14(24)15-5-7-18(8-6-15)23-10-9-16-11-17(12-22-21(16)23)20(25)13-26-19-3-2-4-19/h5-12,19-20,24-25H,1-4,13H2. The fourth-order valence-electron chi connectivity index (χ4n) is 3.11. The molecule has 5 nitrogen and oxygen atoms in total. The van der Waals surface area contributed by atoms with Crippen molar-refractivity contribution in [1.29, 1.82) is 0 Å². The van der Waals surface area contributed by atoms with Crippen molar-refractivity contribution in [2.45, 2.75) is 31.5 Å². The number of aliphatic hydroxyl groups is 2. The van der Waals surface area contributed by atoms with Gasteiger partial charge in [0.15, 0.2) is 0 Å². The van der Waals surface area contributed by atoms with Crippen molar-refractivity contribution in [1.82, 2.24) is 9.55 Å². The van der Waals surface area contributed by atoms with E-state index in [0.717, 1.165) is 35.1 Å². The largest absolute Gasteiger partial charge is 0.508 e. The van der Waals surface area contributed by atoms with Crippen LogP contribution in [0.25, 0.3) is 22.5 Å². The van der Waals surface area contributed by atoms with Crippen molar-refractivity contribution in [3.05, 3.63) is 66.5 Å². The lowest BCUT2D eigenvalue weighted by atomic mass is 9.96. The SMILES string of the molecule is C=C(O)c1ccc(-n2ccc3cc(C(O)COC4CCC4)cnc32)cc1. The molecule has 1 unspecified atom stereocenters. The first-order valence-corrected chi connectivity index (χ1v) is 8.87. The Morgan fingerprint density at radius 1 is 1.27 bits per heavy atom. The number of rotatable bonds is 6. The van der Waals surface area contributed by atoms with Gasteiger partial charge in [-0.3, -0.25) is 0 Å². The third-order valence-corrected chi connectivity index (χ3v) is 4.95. The summed E-state index contributed by atoms with van der Waals surface area (Å²) in [6, 6.07) is 11.4. The highest BCUT2D eigenvalue weighted by molar-refractivity contribution is 5.79. The normalized spacial score (nSPS) is 15.7. The smallest absolute Gasteiger partial charge is 0.144 e. The van der Waals surface area contributed by atoms with Gasteiger partial charge in [-0.05, 0) is 55.7 Å². The first kappa shape index (κ1) is 16.8. The second kappa shape index (κ2) is 6.94. The number of hydrogen-bond acceptors (Lipinski definition) is 4. The second-order valence-corrected chi connectivity index (χ2v) is 6.76. The summed E-state index contributed by atoms with van der Waals surface area (Å²) in [5.41, 5.74) is 3.21. The number of pyridine rings is 1. The zero-order chi connectivity index (χ0) is 18.1. The molecule has 1 aromatic carbocycles. The molecule has 0 amide bonds. The number of benzene rings is 1. The molecule has 2 aromatic heterocycles. The third-order valence-electron chi connectivity index (χ3n) is 4.95. The summed E-state index contributed by atoms with van der Waals surface area (Å²) >= 11 is 0. The van der Waals surface area contributed by atoms with Crippen LogP contribution in [0.3, 0.4) is 0 Å². The quantitative estimate of drug-likeness (QED) is 0.655. The van der Waals surface area contributed by atoms with Gasteiger partial charge in [-0.2, -0.15) is 0 Å². The highest BCUT2D eigenvalue weighted by atomic mass is 16.5. The summed E-state index contributed by atoms with van der Waals surface area (Å²) in [5.74, 6) is 0.0507. The maximum absolute atomic E-state index is 10.4. The lowest BCUT2D eigenvalue weighted by molar-refractivity contribution is -0.0427. The van der Waals surface area contributed by atoms with Crippen LogP contribution in [0.1, 0.15) is 36.5 Å². The average molecular weight is 350 g/mol. The van der Waals surface area contributed by atoms with Crippen LogP contribution in [0.15, 0.2) is 55.4 Å². The van der Waals surface area contributed by atoms with E-state index in [-0.39, 0.29) is 5.76 Å². The van der Waals surface area contributed by atoms with E-state index in [4.69, 9.17) is 4.74 Å². The molecular weight excluding hydrogens is 328 g/mol. The van der Waals surface area contributed by atoms with Crippen molar-refractivity contribution < 1.29 is 14.9 Å². The molecule has 0 spiro atoms. The molecule has 134 valence electrons. The summed E-state index contributed by atoms with van der Waals surface area (Å²) in [7, 11) is 0. The Morgan fingerprint density at radius 2 is 2.04 bits per heavy atom. The molecule has 0 radical (unpaired) electrons. The maximum atomic E-state index is 10.4. The van der Waals surface area contributed by atoms with Gasteiger partial charge in [-0.1, -0.05) is 6.58 Å². The Labute approximate surface area is 152 Å². The molecule has 5 heteroatoms. The van der Waals surface area contributed by atoms with Gasteiger partial charge in [-0.15, -0.1) is 0 Å². The minimum absolute atomic E-state index is 0.0507. The highest BCUT2D eigenvalue weighted by Gasteiger charge is 2.20. The Balaban J connectivity index is 1.55. The van der Waals surface area contributed by atoms with Gasteiger partial charge >= 0.3 is 0 Å². The van der Waals surface area contributed by atoms with E-state index in [1.165, 1.54) is 6.42 Å². The summed E-state index contributed by atoms with van der Waals surface area (Å²) in [5, 5.41) is 20.8. The molecule has 4 rings (SSSR count). The molecule has 1 aliphatic rings. The van der Waals surface area contributed by atoms with Crippen molar-refractivity contribution in [2.24, 2.45) is 0 Å². The van der Waals surface area contributed by atoms with E-state index in [1.807, 2.05) is 47.2 Å². The molecule has 3 aromatic rings. The fraction of sp³-hybridized carbons (Fsp3) is 0.286. The van der Waals surface area contributed by atoms with Crippen molar-refractivity contribution in [3.63, 3.8) is 0 Å². The first-order valence-electron chi connectivity index (χ1n) is 8.87. The van der Waals surface area contributed by atoms with Crippen molar-refractivity contribution in [3.8, 4) is 5.69 Å². The van der Waals surface area contributed by atoms with E-state index >= 15 is 0 Å². The molecule has 0 aliphatic heterocycles. The van der Waals surface area contributed by atoms with Crippen LogP contribution in [0, 0.1) is 0 Å². The summed E-state index contributed by atoms with van der Waals surface area (Å²) in [6.45, 7) is 3.84. The average Bonchev–Trinajstić information content (AvgIpc) is 3.03. The Morgan fingerprint density at radius 3 is 2.69 bits per heavy atom. The summed E-state index contributed by atoms with van der Waals surface area (Å²) < 4.78 is 7.67. The van der Waals surface area contributed by atoms with Crippen LogP contribution in [0.2, 0.25) is 0 Å². The minimum Gasteiger partial charge on any atom is -0.508 e. The Bertz CT molecular complexity index is 926. The van der Waals surface area contributed by atoms with Gasteiger partial charge in [0.2, 0.25) is 0 Å². The number of hydrogen-bond donors (Lipinski definition) is 2. The van der Waals surface area contributed by atoms with Crippen molar-refractivity contribution >= 4 is 16.8 Å². The zero-order valence-electron chi connectivity index (χ0n) is 14.5. The zero-order valence-corrected chi connectivity index (χ0v) is 14.5.